The number of carbonyl (C=O) groups is 2. The van der Waals surface area contributed by atoms with Gasteiger partial charge in [-0.15, -0.1) is 0 Å². The van der Waals surface area contributed by atoms with Crippen molar-refractivity contribution in [3.8, 4) is 5.75 Å². The summed E-state index contributed by atoms with van der Waals surface area (Å²) < 4.78 is 20.1. The molecule has 2 atom stereocenters. The van der Waals surface area contributed by atoms with Crippen LogP contribution in [0.25, 0.3) is 0 Å². The van der Waals surface area contributed by atoms with Gasteiger partial charge in [0, 0.05) is 11.5 Å². The van der Waals surface area contributed by atoms with E-state index < -0.39 is 17.9 Å². The van der Waals surface area contributed by atoms with Crippen LogP contribution in [0.3, 0.4) is 0 Å². The lowest BCUT2D eigenvalue weighted by Gasteiger charge is -2.32. The van der Waals surface area contributed by atoms with Crippen molar-refractivity contribution in [1.29, 1.82) is 0 Å². The molecule has 6 heteroatoms. The lowest BCUT2D eigenvalue weighted by Crippen LogP contribution is -2.39. The normalized spacial score (nSPS) is 19.3. The molecule has 0 N–H and O–H groups in total. The van der Waals surface area contributed by atoms with Gasteiger partial charge in [0.25, 0.3) is 0 Å². The number of carbonyl (C=O) groups excluding carboxylic acids is 2. The van der Waals surface area contributed by atoms with Crippen molar-refractivity contribution < 1.29 is 28.5 Å². The minimum atomic E-state index is -0.622. The van der Waals surface area contributed by atoms with Gasteiger partial charge in [0.15, 0.2) is 0 Å². The fourth-order valence-corrected chi connectivity index (χ4v) is 2.46. The fraction of sp³-hybridized carbons (Fsp3) is 0.412. The van der Waals surface area contributed by atoms with Crippen molar-refractivity contribution in [2.45, 2.75) is 6.61 Å². The predicted octanol–water partition coefficient (Wildman–Crippen LogP) is 1.73. The summed E-state index contributed by atoms with van der Waals surface area (Å²) in [6.07, 6.45) is 1.70. The van der Waals surface area contributed by atoms with E-state index in [0.717, 1.165) is 11.3 Å². The number of rotatable bonds is 7. The van der Waals surface area contributed by atoms with Gasteiger partial charge in [-0.3, -0.25) is 4.79 Å². The van der Waals surface area contributed by atoms with Gasteiger partial charge >= 0.3 is 11.9 Å². The zero-order valence-electron chi connectivity index (χ0n) is 13.4. The summed E-state index contributed by atoms with van der Waals surface area (Å²) in [6, 6.07) is 7.53. The SMILES string of the molecule is COC(=O)C1=C[C@@H](COCc2ccc(OC)cc2)[C@@H]1C(=O)OC. The topological polar surface area (TPSA) is 71.1 Å². The van der Waals surface area contributed by atoms with Crippen LogP contribution in [0.4, 0.5) is 0 Å². The van der Waals surface area contributed by atoms with E-state index in [1.165, 1.54) is 14.2 Å². The van der Waals surface area contributed by atoms with Gasteiger partial charge in [-0.2, -0.15) is 0 Å². The molecule has 1 aromatic rings. The molecule has 2 rings (SSSR count). The molecule has 0 aromatic heterocycles. The van der Waals surface area contributed by atoms with Gasteiger partial charge in [-0.25, -0.2) is 4.79 Å². The van der Waals surface area contributed by atoms with Crippen molar-refractivity contribution in [3.63, 3.8) is 0 Å². The van der Waals surface area contributed by atoms with Crippen LogP contribution in [-0.2, 0) is 30.4 Å². The maximum Gasteiger partial charge on any atom is 0.334 e. The molecule has 0 bridgehead atoms. The highest BCUT2D eigenvalue weighted by molar-refractivity contribution is 5.98. The van der Waals surface area contributed by atoms with Gasteiger partial charge in [0.1, 0.15) is 5.75 Å². The van der Waals surface area contributed by atoms with Crippen LogP contribution in [0.5, 0.6) is 5.75 Å². The van der Waals surface area contributed by atoms with Crippen LogP contribution in [-0.4, -0.2) is 39.9 Å². The highest BCUT2D eigenvalue weighted by Gasteiger charge is 2.43. The monoisotopic (exact) mass is 320 g/mol. The Labute approximate surface area is 135 Å². The highest BCUT2D eigenvalue weighted by Crippen LogP contribution is 2.35. The van der Waals surface area contributed by atoms with Crippen LogP contribution >= 0.6 is 0 Å². The first kappa shape index (κ1) is 17.0. The van der Waals surface area contributed by atoms with E-state index in [9.17, 15) is 9.59 Å². The Kier molecular flexibility index (Phi) is 5.76. The number of ether oxygens (including phenoxy) is 4. The third-order valence-electron chi connectivity index (χ3n) is 3.77. The second-order valence-electron chi connectivity index (χ2n) is 5.14. The summed E-state index contributed by atoms with van der Waals surface area (Å²) in [7, 11) is 4.19. The molecule has 1 aromatic carbocycles. The molecule has 0 amide bonds. The molecule has 0 unspecified atom stereocenters. The molecular weight excluding hydrogens is 300 g/mol. The molecule has 6 nitrogen and oxygen atoms in total. The second-order valence-corrected chi connectivity index (χ2v) is 5.14. The Bertz CT molecular complexity index is 590. The fourth-order valence-electron chi connectivity index (χ4n) is 2.46. The maximum atomic E-state index is 11.8. The van der Waals surface area contributed by atoms with Crippen molar-refractivity contribution in [1.82, 2.24) is 0 Å². The van der Waals surface area contributed by atoms with E-state index in [-0.39, 0.29) is 5.92 Å². The van der Waals surface area contributed by atoms with Gasteiger partial charge in [-0.05, 0) is 17.7 Å². The summed E-state index contributed by atoms with van der Waals surface area (Å²) in [5.74, 6) is -0.986. The molecule has 1 aliphatic carbocycles. The van der Waals surface area contributed by atoms with Gasteiger partial charge in [0.05, 0.1) is 40.5 Å². The molecule has 0 spiro atoms. The average molecular weight is 320 g/mol. The van der Waals surface area contributed by atoms with Crippen LogP contribution < -0.4 is 4.74 Å². The number of methoxy groups -OCH3 is 3. The maximum absolute atomic E-state index is 11.8. The van der Waals surface area contributed by atoms with E-state index in [1.54, 1.807) is 13.2 Å². The van der Waals surface area contributed by atoms with E-state index in [4.69, 9.17) is 14.2 Å². The Morgan fingerprint density at radius 2 is 1.74 bits per heavy atom. The van der Waals surface area contributed by atoms with Gasteiger partial charge in [-0.1, -0.05) is 18.2 Å². The first-order valence-electron chi connectivity index (χ1n) is 7.19. The van der Waals surface area contributed by atoms with E-state index in [2.05, 4.69) is 4.74 Å². The van der Waals surface area contributed by atoms with Crippen molar-refractivity contribution in [2.75, 3.05) is 27.9 Å². The largest absolute Gasteiger partial charge is 0.497 e. The summed E-state index contributed by atoms with van der Waals surface area (Å²) in [5, 5.41) is 0. The quantitative estimate of drug-likeness (QED) is 0.713. The summed E-state index contributed by atoms with van der Waals surface area (Å²) in [5.41, 5.74) is 1.33. The molecule has 0 saturated carbocycles. The van der Waals surface area contributed by atoms with E-state index in [1.807, 2.05) is 24.3 Å². The minimum absolute atomic E-state index is 0.185. The number of esters is 2. The van der Waals surface area contributed by atoms with E-state index >= 15 is 0 Å². The molecule has 0 radical (unpaired) electrons. The van der Waals surface area contributed by atoms with Gasteiger partial charge < -0.3 is 18.9 Å². The standard InChI is InChI=1S/C17H20O6/c1-20-13-6-4-11(5-7-13)9-23-10-12-8-14(16(18)21-2)15(12)17(19)22-3/h4-8,12,15H,9-10H2,1-3H3/t12-,15-/m0/s1. The first-order valence-corrected chi connectivity index (χ1v) is 7.19. The lowest BCUT2D eigenvalue weighted by atomic mass is 9.75. The first-order chi connectivity index (χ1) is 11.1. The Morgan fingerprint density at radius 1 is 1.04 bits per heavy atom. The third kappa shape index (κ3) is 3.90. The molecule has 23 heavy (non-hydrogen) atoms. The smallest absolute Gasteiger partial charge is 0.334 e. The minimum Gasteiger partial charge on any atom is -0.497 e. The molecule has 124 valence electrons. The Balaban J connectivity index is 1.90. The zero-order chi connectivity index (χ0) is 16.8. The Morgan fingerprint density at radius 3 is 2.30 bits per heavy atom. The van der Waals surface area contributed by atoms with Crippen molar-refractivity contribution in [2.24, 2.45) is 11.8 Å². The lowest BCUT2D eigenvalue weighted by molar-refractivity contribution is -0.151. The highest BCUT2D eigenvalue weighted by atomic mass is 16.5. The van der Waals surface area contributed by atoms with Crippen LogP contribution in [0.15, 0.2) is 35.9 Å². The number of hydrogen-bond acceptors (Lipinski definition) is 6. The second kappa shape index (κ2) is 7.78. The summed E-state index contributed by atoms with van der Waals surface area (Å²) in [4.78, 5) is 23.4. The third-order valence-corrected chi connectivity index (χ3v) is 3.77. The zero-order valence-corrected chi connectivity index (χ0v) is 13.4. The van der Waals surface area contributed by atoms with Crippen LogP contribution in [0.2, 0.25) is 0 Å². The van der Waals surface area contributed by atoms with Crippen molar-refractivity contribution >= 4 is 11.9 Å². The van der Waals surface area contributed by atoms with Crippen molar-refractivity contribution in [3.05, 3.63) is 41.5 Å². The molecule has 0 heterocycles. The molecular formula is C17H20O6. The predicted molar refractivity (Wildman–Crippen MR) is 81.7 cm³/mol. The van der Waals surface area contributed by atoms with Gasteiger partial charge in [0.2, 0.25) is 0 Å². The molecule has 0 saturated heterocycles. The number of hydrogen-bond donors (Lipinski definition) is 0. The Hall–Kier alpha value is -2.34. The molecule has 1 aliphatic rings. The summed E-state index contributed by atoms with van der Waals surface area (Å²) >= 11 is 0. The molecule has 0 fully saturated rings. The molecule has 0 aliphatic heterocycles. The average Bonchev–Trinajstić information content (AvgIpc) is 2.57. The van der Waals surface area contributed by atoms with Crippen LogP contribution in [0, 0.1) is 11.8 Å². The number of benzene rings is 1. The summed E-state index contributed by atoms with van der Waals surface area (Å²) in [6.45, 7) is 0.738. The van der Waals surface area contributed by atoms with E-state index in [0.29, 0.717) is 18.8 Å². The van der Waals surface area contributed by atoms with Crippen LogP contribution in [0.1, 0.15) is 5.56 Å².